The molecule has 1 fully saturated rings. The average Bonchev–Trinajstić information content (AvgIpc) is 2.95. The number of fused-ring (bicyclic) bond motifs is 1. The van der Waals surface area contributed by atoms with Crippen molar-refractivity contribution in [3.05, 3.63) is 66.3 Å². The van der Waals surface area contributed by atoms with Gasteiger partial charge in [-0.3, -0.25) is 0 Å². The third kappa shape index (κ3) is 5.22. The van der Waals surface area contributed by atoms with E-state index in [1.807, 2.05) is 6.07 Å². The molecule has 31 heavy (non-hydrogen) atoms. The van der Waals surface area contributed by atoms with Crippen molar-refractivity contribution in [1.29, 1.82) is 0 Å². The molecule has 0 unspecified atom stereocenters. The Morgan fingerprint density at radius 1 is 1.26 bits per heavy atom. The van der Waals surface area contributed by atoms with Crippen LogP contribution in [0.25, 0.3) is 0 Å². The molecule has 6 nitrogen and oxygen atoms in total. The van der Waals surface area contributed by atoms with E-state index in [9.17, 15) is 4.39 Å². The van der Waals surface area contributed by atoms with Crippen molar-refractivity contribution in [3.63, 3.8) is 0 Å². The third-order valence-electron chi connectivity index (χ3n) is 6.04. The largest absolute Gasteiger partial charge is 0.370 e. The maximum absolute atomic E-state index is 14.4. The van der Waals surface area contributed by atoms with E-state index in [1.54, 1.807) is 6.08 Å². The summed E-state index contributed by atoms with van der Waals surface area (Å²) in [4.78, 5) is 13.1. The Morgan fingerprint density at radius 3 is 2.97 bits per heavy atom. The number of allylic oxidation sites excluding steroid dienone is 1. The van der Waals surface area contributed by atoms with Crippen LogP contribution in [0.2, 0.25) is 0 Å². The Hall–Kier alpha value is -2.93. The molecule has 1 atom stereocenters. The highest BCUT2D eigenvalue weighted by molar-refractivity contribution is 5.57. The maximum atomic E-state index is 14.4. The van der Waals surface area contributed by atoms with Gasteiger partial charge in [0.15, 0.2) is 11.6 Å². The van der Waals surface area contributed by atoms with Gasteiger partial charge >= 0.3 is 0 Å². The lowest BCUT2D eigenvalue weighted by Gasteiger charge is -2.35. The summed E-state index contributed by atoms with van der Waals surface area (Å²) in [5.41, 5.74) is 4.51. The molecule has 1 aromatic heterocycles. The van der Waals surface area contributed by atoms with Crippen molar-refractivity contribution in [1.82, 2.24) is 19.8 Å². The molecule has 7 heteroatoms. The predicted octanol–water partition coefficient (Wildman–Crippen LogP) is 4.31. The second-order valence-electron chi connectivity index (χ2n) is 8.46. The molecule has 1 aromatic carbocycles. The molecule has 0 radical (unpaired) electrons. The van der Waals surface area contributed by atoms with Crippen LogP contribution in [-0.2, 0) is 13.0 Å². The van der Waals surface area contributed by atoms with Crippen LogP contribution in [0.5, 0.6) is 0 Å². The van der Waals surface area contributed by atoms with Gasteiger partial charge in [0, 0.05) is 37.1 Å². The van der Waals surface area contributed by atoms with Gasteiger partial charge in [-0.15, -0.1) is 0 Å². The van der Waals surface area contributed by atoms with Crippen molar-refractivity contribution in [2.24, 2.45) is 0 Å². The van der Waals surface area contributed by atoms with Gasteiger partial charge in [0.1, 0.15) is 0 Å². The summed E-state index contributed by atoms with van der Waals surface area (Å²) in [6, 6.07) is 6.45. The molecule has 2 N–H and O–H groups in total. The Morgan fingerprint density at radius 2 is 2.13 bits per heavy atom. The highest BCUT2D eigenvalue weighted by Gasteiger charge is 2.21. The molecular weight excluding hydrogens is 391 g/mol. The first-order chi connectivity index (χ1) is 15.0. The van der Waals surface area contributed by atoms with Crippen LogP contribution >= 0.6 is 0 Å². The molecule has 0 bridgehead atoms. The van der Waals surface area contributed by atoms with Gasteiger partial charge in [0.25, 0.3) is 0 Å². The molecule has 2 aromatic rings. The molecule has 164 valence electrons. The number of likely N-dealkylation sites (tertiary alicyclic amines) is 1. The Balaban J connectivity index is 1.47. The highest BCUT2D eigenvalue weighted by Crippen LogP contribution is 2.25. The number of nitrogens with one attached hydrogen (secondary N) is 2. The molecule has 2 aliphatic heterocycles. The summed E-state index contributed by atoms with van der Waals surface area (Å²) in [7, 11) is 2.15. The van der Waals surface area contributed by atoms with E-state index in [-0.39, 0.29) is 11.9 Å². The summed E-state index contributed by atoms with van der Waals surface area (Å²) in [6.07, 6.45) is 7.20. The number of benzene rings is 1. The van der Waals surface area contributed by atoms with E-state index in [0.29, 0.717) is 5.95 Å². The van der Waals surface area contributed by atoms with Crippen LogP contribution in [0.15, 0.2) is 49.3 Å². The SMILES string of the molecule is C=CC(=C)N1CCC[C@@H](Nc2nc(Nc3ccc4c(c3)CN(C)CCC4)ncc2F)C1. The lowest BCUT2D eigenvalue weighted by atomic mass is 10.0. The molecule has 2 aliphatic rings. The number of nitrogens with zero attached hydrogens (tertiary/aromatic N) is 4. The number of piperidine rings is 1. The first-order valence-electron chi connectivity index (χ1n) is 10.9. The van der Waals surface area contributed by atoms with Crippen LogP contribution in [0.3, 0.4) is 0 Å². The fraction of sp³-hybridized carbons (Fsp3) is 0.417. The van der Waals surface area contributed by atoms with Gasteiger partial charge in [-0.25, -0.2) is 9.37 Å². The Labute approximate surface area is 183 Å². The van der Waals surface area contributed by atoms with Crippen molar-refractivity contribution in [2.45, 2.75) is 38.3 Å². The quantitative estimate of drug-likeness (QED) is 0.677. The van der Waals surface area contributed by atoms with Crippen molar-refractivity contribution < 1.29 is 4.39 Å². The lowest BCUT2D eigenvalue weighted by molar-refractivity contribution is 0.276. The minimum absolute atomic E-state index is 0.0886. The molecule has 4 rings (SSSR count). The smallest absolute Gasteiger partial charge is 0.229 e. The average molecular weight is 423 g/mol. The van der Waals surface area contributed by atoms with Gasteiger partial charge in [0.05, 0.1) is 6.20 Å². The molecule has 0 amide bonds. The fourth-order valence-electron chi connectivity index (χ4n) is 4.34. The zero-order valence-corrected chi connectivity index (χ0v) is 18.2. The summed E-state index contributed by atoms with van der Waals surface area (Å²) in [5, 5.41) is 6.50. The van der Waals surface area contributed by atoms with E-state index in [0.717, 1.165) is 56.8 Å². The number of halogens is 1. The topological polar surface area (TPSA) is 56.3 Å². The van der Waals surface area contributed by atoms with Gasteiger partial charge in [-0.2, -0.15) is 4.98 Å². The van der Waals surface area contributed by atoms with E-state index in [2.05, 4.69) is 62.7 Å². The standard InChI is InChI=1S/C24H31FN6/c1-4-17(2)31-12-6-8-21(16-31)27-23-22(25)14-26-24(29-23)28-20-10-9-18-7-5-11-30(3)15-19(18)13-20/h4,9-10,13-14,21H,1-2,5-8,11-12,15-16H2,3H3,(H2,26,27,28,29)/t21-/m1/s1. The van der Waals surface area contributed by atoms with Crippen LogP contribution in [0.4, 0.5) is 21.8 Å². The lowest BCUT2D eigenvalue weighted by Crippen LogP contribution is -2.41. The van der Waals surface area contributed by atoms with Gasteiger partial charge in [-0.05, 0) is 68.6 Å². The Bertz CT molecular complexity index is 959. The molecular formula is C24H31FN6. The zero-order valence-electron chi connectivity index (χ0n) is 18.2. The molecule has 0 saturated carbocycles. The summed E-state index contributed by atoms with van der Waals surface area (Å²) >= 11 is 0. The number of aromatic nitrogens is 2. The number of hydrogen-bond donors (Lipinski definition) is 2. The summed E-state index contributed by atoms with van der Waals surface area (Å²) in [5.74, 6) is 0.158. The highest BCUT2D eigenvalue weighted by atomic mass is 19.1. The van der Waals surface area contributed by atoms with Crippen molar-refractivity contribution in [3.8, 4) is 0 Å². The maximum Gasteiger partial charge on any atom is 0.229 e. The monoisotopic (exact) mass is 422 g/mol. The first-order valence-corrected chi connectivity index (χ1v) is 10.9. The Kier molecular flexibility index (Phi) is 6.51. The number of hydrogen-bond acceptors (Lipinski definition) is 6. The third-order valence-corrected chi connectivity index (χ3v) is 6.04. The van der Waals surface area contributed by atoms with Crippen molar-refractivity contribution in [2.75, 3.05) is 37.3 Å². The number of aryl methyl sites for hydroxylation is 1. The number of rotatable bonds is 6. The van der Waals surface area contributed by atoms with Crippen LogP contribution in [-0.4, -0.2) is 52.5 Å². The minimum Gasteiger partial charge on any atom is -0.370 e. The minimum atomic E-state index is -0.450. The molecule has 0 spiro atoms. The zero-order chi connectivity index (χ0) is 21.8. The predicted molar refractivity (Wildman–Crippen MR) is 124 cm³/mol. The second kappa shape index (κ2) is 9.47. The van der Waals surface area contributed by atoms with Gasteiger partial charge < -0.3 is 20.4 Å². The summed E-state index contributed by atoms with van der Waals surface area (Å²) in [6.45, 7) is 11.5. The first kappa shape index (κ1) is 21.3. The number of anilines is 3. The second-order valence-corrected chi connectivity index (χ2v) is 8.46. The molecule has 0 aliphatic carbocycles. The van der Waals surface area contributed by atoms with Crippen LogP contribution in [0, 0.1) is 5.82 Å². The van der Waals surface area contributed by atoms with E-state index in [1.165, 1.54) is 23.7 Å². The normalized spacial score (nSPS) is 19.3. The van der Waals surface area contributed by atoms with E-state index < -0.39 is 5.82 Å². The van der Waals surface area contributed by atoms with Crippen LogP contribution < -0.4 is 10.6 Å². The fourth-order valence-corrected chi connectivity index (χ4v) is 4.34. The molecule has 1 saturated heterocycles. The van der Waals surface area contributed by atoms with E-state index in [4.69, 9.17) is 0 Å². The van der Waals surface area contributed by atoms with Gasteiger partial charge in [0.2, 0.25) is 5.95 Å². The molecule has 3 heterocycles. The van der Waals surface area contributed by atoms with Crippen molar-refractivity contribution >= 4 is 17.5 Å². The van der Waals surface area contributed by atoms with Crippen LogP contribution in [0.1, 0.15) is 30.4 Å². The van der Waals surface area contributed by atoms with Gasteiger partial charge in [-0.1, -0.05) is 19.2 Å². The van der Waals surface area contributed by atoms with E-state index >= 15 is 0 Å². The summed E-state index contributed by atoms with van der Waals surface area (Å²) < 4.78 is 14.4.